The zero-order valence-corrected chi connectivity index (χ0v) is 14.1. The molecule has 1 rings (SSSR count). The number of halogens is 2. The summed E-state index contributed by atoms with van der Waals surface area (Å²) in [5.41, 5.74) is 0.164. The topological polar surface area (TPSA) is 72.2 Å². The van der Waals surface area contributed by atoms with Crippen LogP contribution in [0.4, 0.5) is 5.69 Å². The molecule has 0 bridgehead atoms. The highest BCUT2D eigenvalue weighted by atomic mass is 79.9. The SMILES string of the molecule is CCCC(CCCl)CNC(=O)c1cc(Br)cc([N+](=O)[O-])c1. The van der Waals surface area contributed by atoms with E-state index in [1.54, 1.807) is 6.07 Å². The Kier molecular flexibility index (Phi) is 7.67. The highest BCUT2D eigenvalue weighted by molar-refractivity contribution is 9.10. The van der Waals surface area contributed by atoms with Crippen LogP contribution in [-0.2, 0) is 0 Å². The third kappa shape index (κ3) is 6.01. The average Bonchev–Trinajstić information content (AvgIpc) is 2.44. The number of carbonyl (C=O) groups excluding carboxylic acids is 1. The van der Waals surface area contributed by atoms with Gasteiger partial charge in [0.15, 0.2) is 0 Å². The minimum Gasteiger partial charge on any atom is -0.352 e. The number of hydrogen-bond acceptors (Lipinski definition) is 3. The lowest BCUT2D eigenvalue weighted by Crippen LogP contribution is -2.29. The molecule has 0 aliphatic carbocycles. The van der Waals surface area contributed by atoms with Crippen molar-refractivity contribution in [2.24, 2.45) is 5.92 Å². The van der Waals surface area contributed by atoms with Crippen LogP contribution in [0.5, 0.6) is 0 Å². The lowest BCUT2D eigenvalue weighted by atomic mass is 10.0. The first-order valence-electron chi connectivity index (χ1n) is 6.77. The Hall–Kier alpha value is -1.14. The second-order valence-electron chi connectivity index (χ2n) is 4.80. The van der Waals surface area contributed by atoms with Crippen molar-refractivity contribution in [3.05, 3.63) is 38.3 Å². The molecule has 0 aliphatic rings. The molecular formula is C14H18BrClN2O3. The molecule has 0 heterocycles. The Bertz CT molecular complexity index is 505. The number of benzene rings is 1. The Morgan fingerprint density at radius 2 is 2.14 bits per heavy atom. The van der Waals surface area contributed by atoms with Gasteiger partial charge in [0.25, 0.3) is 11.6 Å². The average molecular weight is 378 g/mol. The third-order valence-electron chi connectivity index (χ3n) is 3.12. The molecule has 0 fully saturated rings. The largest absolute Gasteiger partial charge is 0.352 e. The van der Waals surface area contributed by atoms with E-state index in [9.17, 15) is 14.9 Å². The molecule has 0 aromatic heterocycles. The quantitative estimate of drug-likeness (QED) is 0.420. The van der Waals surface area contributed by atoms with E-state index in [0.717, 1.165) is 19.3 Å². The second-order valence-corrected chi connectivity index (χ2v) is 6.09. The third-order valence-corrected chi connectivity index (χ3v) is 3.80. The fourth-order valence-electron chi connectivity index (χ4n) is 2.06. The molecular weight excluding hydrogens is 360 g/mol. The van der Waals surface area contributed by atoms with Crippen LogP contribution in [0, 0.1) is 16.0 Å². The highest BCUT2D eigenvalue weighted by Crippen LogP contribution is 2.21. The van der Waals surface area contributed by atoms with Crippen LogP contribution in [-0.4, -0.2) is 23.3 Å². The molecule has 1 aromatic carbocycles. The van der Waals surface area contributed by atoms with Crippen LogP contribution in [0.3, 0.4) is 0 Å². The van der Waals surface area contributed by atoms with Crippen molar-refractivity contribution in [1.82, 2.24) is 5.32 Å². The van der Waals surface area contributed by atoms with E-state index in [0.29, 0.717) is 22.8 Å². The Balaban J connectivity index is 2.72. The van der Waals surface area contributed by atoms with Crippen LogP contribution in [0.15, 0.2) is 22.7 Å². The number of non-ortho nitro benzene ring substituents is 1. The fourth-order valence-corrected chi connectivity index (χ4v) is 2.85. The minimum absolute atomic E-state index is 0.111. The van der Waals surface area contributed by atoms with Gasteiger partial charge in [-0.05, 0) is 24.8 Å². The number of nitro groups is 1. The zero-order chi connectivity index (χ0) is 15.8. The van der Waals surface area contributed by atoms with Crippen LogP contribution in [0.2, 0.25) is 0 Å². The van der Waals surface area contributed by atoms with Crippen molar-refractivity contribution in [2.75, 3.05) is 12.4 Å². The summed E-state index contributed by atoms with van der Waals surface area (Å²) in [6, 6.07) is 4.21. The maximum Gasteiger partial charge on any atom is 0.271 e. The Morgan fingerprint density at radius 3 is 2.71 bits per heavy atom. The van der Waals surface area contributed by atoms with Gasteiger partial charge in [0.1, 0.15) is 0 Å². The summed E-state index contributed by atoms with van der Waals surface area (Å²) < 4.78 is 0.507. The lowest BCUT2D eigenvalue weighted by Gasteiger charge is -2.15. The molecule has 1 atom stereocenters. The number of rotatable bonds is 8. The normalized spacial score (nSPS) is 12.0. The molecule has 1 amide bonds. The van der Waals surface area contributed by atoms with E-state index in [1.165, 1.54) is 12.1 Å². The molecule has 0 spiro atoms. The van der Waals surface area contributed by atoms with Crippen molar-refractivity contribution < 1.29 is 9.72 Å². The van der Waals surface area contributed by atoms with Gasteiger partial charge in [-0.15, -0.1) is 11.6 Å². The molecule has 1 aromatic rings. The van der Waals surface area contributed by atoms with Gasteiger partial charge in [-0.3, -0.25) is 14.9 Å². The van der Waals surface area contributed by atoms with Crippen LogP contribution in [0.1, 0.15) is 36.5 Å². The maximum atomic E-state index is 12.1. The summed E-state index contributed by atoms with van der Waals surface area (Å²) in [5.74, 6) is 0.580. The maximum absolute atomic E-state index is 12.1. The predicted octanol–water partition coefficient (Wildman–Crippen LogP) is 4.13. The zero-order valence-electron chi connectivity index (χ0n) is 11.8. The number of amides is 1. The molecule has 0 saturated heterocycles. The van der Waals surface area contributed by atoms with Gasteiger partial charge in [-0.1, -0.05) is 29.3 Å². The Morgan fingerprint density at radius 1 is 1.43 bits per heavy atom. The first-order chi connectivity index (χ1) is 9.97. The highest BCUT2D eigenvalue weighted by Gasteiger charge is 2.15. The minimum atomic E-state index is -0.519. The van der Waals surface area contributed by atoms with E-state index in [1.807, 2.05) is 0 Å². The molecule has 116 valence electrons. The standard InChI is InChI=1S/C14H18BrClN2O3/c1-2-3-10(4-5-16)9-17-14(19)11-6-12(15)8-13(7-11)18(20)21/h6-8,10H,2-5,9H2,1H3,(H,17,19). The molecule has 1 unspecified atom stereocenters. The molecule has 0 aliphatic heterocycles. The smallest absolute Gasteiger partial charge is 0.271 e. The van der Waals surface area contributed by atoms with E-state index < -0.39 is 4.92 Å². The fraction of sp³-hybridized carbons (Fsp3) is 0.500. The first-order valence-corrected chi connectivity index (χ1v) is 8.09. The molecule has 0 saturated carbocycles. The molecule has 5 nitrogen and oxygen atoms in total. The monoisotopic (exact) mass is 376 g/mol. The van der Waals surface area contributed by atoms with Crippen molar-refractivity contribution in [2.45, 2.75) is 26.2 Å². The van der Waals surface area contributed by atoms with E-state index in [4.69, 9.17) is 11.6 Å². The first kappa shape index (κ1) is 17.9. The van der Waals surface area contributed by atoms with E-state index in [2.05, 4.69) is 28.2 Å². The number of nitrogens with one attached hydrogen (secondary N) is 1. The number of hydrogen-bond donors (Lipinski definition) is 1. The van der Waals surface area contributed by atoms with Gasteiger partial charge in [0.2, 0.25) is 0 Å². The van der Waals surface area contributed by atoms with Crippen molar-refractivity contribution in [3.63, 3.8) is 0 Å². The summed E-state index contributed by atoms with van der Waals surface area (Å²) in [5, 5.41) is 13.6. The summed E-state index contributed by atoms with van der Waals surface area (Å²) in [4.78, 5) is 22.4. The van der Waals surface area contributed by atoms with Crippen molar-refractivity contribution in [1.29, 1.82) is 0 Å². The summed E-state index contributed by atoms with van der Waals surface area (Å²) in [7, 11) is 0. The summed E-state index contributed by atoms with van der Waals surface area (Å²) in [6.45, 7) is 2.61. The second kappa shape index (κ2) is 9.00. The van der Waals surface area contributed by atoms with Gasteiger partial charge in [0.05, 0.1) is 4.92 Å². The van der Waals surface area contributed by atoms with Gasteiger partial charge in [-0.2, -0.15) is 0 Å². The van der Waals surface area contributed by atoms with E-state index in [-0.39, 0.29) is 17.2 Å². The van der Waals surface area contributed by atoms with Crippen molar-refractivity contribution in [3.8, 4) is 0 Å². The van der Waals surface area contributed by atoms with Gasteiger partial charge >= 0.3 is 0 Å². The number of nitro benzene ring substituents is 1. The molecule has 21 heavy (non-hydrogen) atoms. The number of carbonyl (C=O) groups is 1. The van der Waals surface area contributed by atoms with Crippen LogP contribution < -0.4 is 5.32 Å². The van der Waals surface area contributed by atoms with Crippen molar-refractivity contribution >= 4 is 39.1 Å². The summed E-state index contributed by atoms with van der Waals surface area (Å²) in [6.07, 6.45) is 2.86. The number of alkyl halides is 1. The Labute approximate surface area is 137 Å². The van der Waals surface area contributed by atoms with Crippen LogP contribution in [0.25, 0.3) is 0 Å². The predicted molar refractivity (Wildman–Crippen MR) is 86.9 cm³/mol. The van der Waals surface area contributed by atoms with Gasteiger partial charge < -0.3 is 5.32 Å². The molecule has 0 radical (unpaired) electrons. The van der Waals surface area contributed by atoms with Gasteiger partial charge in [0, 0.05) is 34.6 Å². The molecule has 1 N–H and O–H groups in total. The van der Waals surface area contributed by atoms with Crippen LogP contribution >= 0.6 is 27.5 Å². The van der Waals surface area contributed by atoms with E-state index >= 15 is 0 Å². The molecule has 7 heteroatoms. The lowest BCUT2D eigenvalue weighted by molar-refractivity contribution is -0.385. The van der Waals surface area contributed by atoms with Gasteiger partial charge in [-0.25, -0.2) is 0 Å². The summed E-state index contributed by atoms with van der Waals surface area (Å²) >= 11 is 8.92. The number of nitrogens with zero attached hydrogens (tertiary/aromatic N) is 1.